The first-order valence-electron chi connectivity index (χ1n) is 2.61. The van der Waals surface area contributed by atoms with Crippen LogP contribution in [0.3, 0.4) is 0 Å². The van der Waals surface area contributed by atoms with Gasteiger partial charge in [-0.05, 0) is 18.4 Å². The average Bonchev–Trinajstić information content (AvgIpc) is 1.63. The monoisotopic (exact) mass is 165 g/mol. The van der Waals surface area contributed by atoms with Gasteiger partial charge in [-0.25, -0.2) is 0 Å². The molecule has 0 N–H and O–H groups in total. The molecule has 0 aliphatic carbocycles. The van der Waals surface area contributed by atoms with E-state index in [0.29, 0.717) is 6.61 Å². The first-order chi connectivity index (χ1) is 4.13. The van der Waals surface area contributed by atoms with Gasteiger partial charge in [-0.1, -0.05) is 11.6 Å². The van der Waals surface area contributed by atoms with E-state index in [1.165, 1.54) is 5.57 Å². The van der Waals surface area contributed by atoms with Gasteiger partial charge in [-0.15, -0.1) is 4.52 Å². The molecule has 0 spiro atoms. The fourth-order valence-electron chi connectivity index (χ4n) is 0.277. The van der Waals surface area contributed by atoms with E-state index >= 15 is 0 Å². The fraction of sp³-hybridized carbons (Fsp3) is 0.600. The minimum Gasteiger partial charge on any atom is -0.141 e. The van der Waals surface area contributed by atoms with Crippen molar-refractivity contribution < 1.29 is 9.09 Å². The SMILES string of the molecule is CC(C)=CCO[P+](=O)P. The van der Waals surface area contributed by atoms with E-state index in [0.717, 1.165) is 0 Å². The van der Waals surface area contributed by atoms with Crippen LogP contribution in [0.25, 0.3) is 0 Å². The standard InChI is InChI=1S/C5H11O2P2/c1-5(2)3-4-7-9(6)8/h3H,4,8H2,1-2H3/q+1. The van der Waals surface area contributed by atoms with Crippen molar-refractivity contribution in [1.29, 1.82) is 0 Å². The molecule has 0 heterocycles. The largest absolute Gasteiger partial charge is 0.517 e. The van der Waals surface area contributed by atoms with Gasteiger partial charge in [0.1, 0.15) is 6.61 Å². The Bertz CT molecular complexity index is 127. The van der Waals surface area contributed by atoms with Crippen LogP contribution in [-0.4, -0.2) is 6.61 Å². The summed E-state index contributed by atoms with van der Waals surface area (Å²) in [6.07, 6.45) is 1.89. The van der Waals surface area contributed by atoms with E-state index in [-0.39, 0.29) is 0 Å². The molecule has 0 radical (unpaired) electrons. The zero-order valence-corrected chi connectivity index (χ0v) is 7.67. The maximum Gasteiger partial charge on any atom is 0.517 e. The fourth-order valence-corrected chi connectivity index (χ4v) is 0.757. The lowest BCUT2D eigenvalue weighted by molar-refractivity contribution is 0.382. The van der Waals surface area contributed by atoms with Crippen molar-refractivity contribution in [3.05, 3.63) is 11.6 Å². The summed E-state index contributed by atoms with van der Waals surface area (Å²) in [5, 5.41) is 0. The summed E-state index contributed by atoms with van der Waals surface area (Å²) in [5.74, 6) is 0. The Balaban J connectivity index is 3.31. The molecule has 2 unspecified atom stereocenters. The molecule has 0 saturated heterocycles. The predicted molar refractivity (Wildman–Crippen MR) is 42.7 cm³/mol. The van der Waals surface area contributed by atoms with E-state index < -0.39 is 7.72 Å². The molecule has 52 valence electrons. The van der Waals surface area contributed by atoms with Crippen LogP contribution < -0.4 is 0 Å². The highest BCUT2D eigenvalue weighted by Gasteiger charge is 2.02. The summed E-state index contributed by atoms with van der Waals surface area (Å²) < 4.78 is 15.0. The smallest absolute Gasteiger partial charge is 0.141 e. The Kier molecular flexibility index (Phi) is 5.18. The van der Waals surface area contributed by atoms with Crippen molar-refractivity contribution in [2.45, 2.75) is 13.8 Å². The minimum atomic E-state index is -1.51. The third kappa shape index (κ3) is 8.23. The van der Waals surface area contributed by atoms with Gasteiger partial charge < -0.3 is 0 Å². The van der Waals surface area contributed by atoms with Gasteiger partial charge in [0.05, 0.1) is 0 Å². The van der Waals surface area contributed by atoms with E-state index in [1.54, 1.807) is 0 Å². The van der Waals surface area contributed by atoms with Gasteiger partial charge in [0.2, 0.25) is 0 Å². The number of rotatable bonds is 3. The lowest BCUT2D eigenvalue weighted by atomic mass is 10.3. The van der Waals surface area contributed by atoms with Crippen LogP contribution in [0.15, 0.2) is 11.6 Å². The van der Waals surface area contributed by atoms with Gasteiger partial charge in [-0.3, -0.25) is 0 Å². The molecule has 0 aliphatic rings. The lowest BCUT2D eigenvalue weighted by Gasteiger charge is -1.83. The predicted octanol–water partition coefficient (Wildman–Crippen LogP) is 2.50. The van der Waals surface area contributed by atoms with Crippen LogP contribution in [0.1, 0.15) is 13.8 Å². The van der Waals surface area contributed by atoms with E-state index in [9.17, 15) is 4.57 Å². The maximum absolute atomic E-state index is 10.3. The number of hydrogen-bond donors (Lipinski definition) is 0. The van der Waals surface area contributed by atoms with Crippen LogP contribution in [0, 0.1) is 0 Å². The van der Waals surface area contributed by atoms with Crippen molar-refractivity contribution >= 4 is 16.6 Å². The van der Waals surface area contributed by atoms with Crippen molar-refractivity contribution in [1.82, 2.24) is 0 Å². The highest BCUT2D eigenvalue weighted by atomic mass is 32.0. The zero-order chi connectivity index (χ0) is 7.28. The molecular weight excluding hydrogens is 154 g/mol. The Hall–Kier alpha value is 0.230. The van der Waals surface area contributed by atoms with Crippen LogP contribution in [0.5, 0.6) is 0 Å². The second-order valence-electron chi connectivity index (χ2n) is 1.86. The van der Waals surface area contributed by atoms with Crippen molar-refractivity contribution in [3.8, 4) is 0 Å². The Morgan fingerprint density at radius 1 is 1.78 bits per heavy atom. The zero-order valence-electron chi connectivity index (χ0n) is 5.63. The Morgan fingerprint density at radius 2 is 2.33 bits per heavy atom. The third-order valence-electron chi connectivity index (χ3n) is 0.693. The molecule has 0 aromatic rings. The van der Waals surface area contributed by atoms with Crippen LogP contribution in [0.2, 0.25) is 0 Å². The number of hydrogen-bond acceptors (Lipinski definition) is 2. The topological polar surface area (TPSA) is 26.3 Å². The summed E-state index contributed by atoms with van der Waals surface area (Å²) in [5.41, 5.74) is 1.18. The molecule has 0 aromatic carbocycles. The maximum atomic E-state index is 10.3. The van der Waals surface area contributed by atoms with E-state index in [4.69, 9.17) is 4.52 Å². The molecule has 0 saturated carbocycles. The third-order valence-corrected chi connectivity index (χ3v) is 1.54. The van der Waals surface area contributed by atoms with Gasteiger partial charge in [0.25, 0.3) is 0 Å². The van der Waals surface area contributed by atoms with E-state index in [2.05, 4.69) is 8.93 Å². The molecule has 0 amide bonds. The summed E-state index contributed by atoms with van der Waals surface area (Å²) >= 11 is 0. The van der Waals surface area contributed by atoms with Gasteiger partial charge in [0, 0.05) is 0 Å². The molecule has 0 aliphatic heterocycles. The molecule has 0 rings (SSSR count). The van der Waals surface area contributed by atoms with Crippen LogP contribution in [0.4, 0.5) is 0 Å². The summed E-state index contributed by atoms with van der Waals surface area (Å²) in [6.45, 7) is 4.39. The molecule has 4 heteroatoms. The molecule has 0 aromatic heterocycles. The first-order valence-corrected chi connectivity index (χ1v) is 5.40. The lowest BCUT2D eigenvalue weighted by Crippen LogP contribution is -1.77. The summed E-state index contributed by atoms with van der Waals surface area (Å²) in [4.78, 5) is 0. The van der Waals surface area contributed by atoms with Crippen LogP contribution >= 0.6 is 16.6 Å². The first kappa shape index (κ1) is 9.23. The summed E-state index contributed by atoms with van der Waals surface area (Å²) in [6, 6.07) is 0. The second kappa shape index (κ2) is 5.05. The highest BCUT2D eigenvalue weighted by Crippen LogP contribution is 2.30. The average molecular weight is 165 g/mol. The second-order valence-corrected chi connectivity index (χ2v) is 3.96. The minimum absolute atomic E-state index is 0.445. The molecular formula is C5H11O2P2+. The summed E-state index contributed by atoms with van der Waals surface area (Å²) in [7, 11) is 0.588. The van der Waals surface area contributed by atoms with Crippen molar-refractivity contribution in [3.63, 3.8) is 0 Å². The molecule has 2 nitrogen and oxygen atoms in total. The Morgan fingerprint density at radius 3 is 2.67 bits per heavy atom. The van der Waals surface area contributed by atoms with Gasteiger partial charge in [0.15, 0.2) is 8.93 Å². The highest BCUT2D eigenvalue weighted by molar-refractivity contribution is 8.03. The van der Waals surface area contributed by atoms with Crippen LogP contribution in [-0.2, 0) is 9.09 Å². The van der Waals surface area contributed by atoms with Gasteiger partial charge >= 0.3 is 7.72 Å². The Labute approximate surface area is 58.6 Å². The van der Waals surface area contributed by atoms with Gasteiger partial charge in [-0.2, -0.15) is 0 Å². The quantitative estimate of drug-likeness (QED) is 0.474. The molecule has 0 fully saturated rings. The molecule has 2 atom stereocenters. The molecule has 0 bridgehead atoms. The van der Waals surface area contributed by atoms with Crippen molar-refractivity contribution in [2.24, 2.45) is 0 Å². The molecule has 9 heavy (non-hydrogen) atoms. The van der Waals surface area contributed by atoms with E-state index in [1.807, 2.05) is 19.9 Å². The normalized spacial score (nSPS) is 10.8. The number of allylic oxidation sites excluding steroid dienone is 1. The van der Waals surface area contributed by atoms with Crippen molar-refractivity contribution in [2.75, 3.05) is 6.61 Å².